The highest BCUT2D eigenvalue weighted by atomic mass is 31.2. The zero-order valence-electron chi connectivity index (χ0n) is 25.1. The number of aromatic nitrogens is 1. The van der Waals surface area contributed by atoms with Crippen molar-refractivity contribution in [1.82, 2.24) is 4.98 Å². The summed E-state index contributed by atoms with van der Waals surface area (Å²) in [6.45, 7) is 7.29. The third-order valence-electron chi connectivity index (χ3n) is 7.04. The number of hydrogen-bond acceptors (Lipinski definition) is 7. The Morgan fingerprint density at radius 1 is 1.07 bits per heavy atom. The lowest BCUT2D eigenvalue weighted by atomic mass is 9.91. The van der Waals surface area contributed by atoms with Crippen LogP contribution in [0.4, 0.5) is 4.39 Å². The fourth-order valence-electron chi connectivity index (χ4n) is 5.15. The third-order valence-corrected chi connectivity index (χ3v) is 9.30. The summed E-state index contributed by atoms with van der Waals surface area (Å²) >= 11 is 0. The van der Waals surface area contributed by atoms with Gasteiger partial charge in [-0.1, -0.05) is 30.4 Å². The van der Waals surface area contributed by atoms with Gasteiger partial charge in [-0.2, -0.15) is 0 Å². The number of halogens is 1. The van der Waals surface area contributed by atoms with E-state index in [0.717, 1.165) is 51.7 Å². The summed E-state index contributed by atoms with van der Waals surface area (Å²) in [6, 6.07) is 12.1. The molecule has 43 heavy (non-hydrogen) atoms. The van der Waals surface area contributed by atoms with Crippen molar-refractivity contribution >= 4 is 30.5 Å². The van der Waals surface area contributed by atoms with Crippen LogP contribution in [0.2, 0.25) is 0 Å². The molecule has 1 aromatic heterocycles. The highest BCUT2D eigenvalue weighted by Gasteiger charge is 2.31. The van der Waals surface area contributed by atoms with Crippen molar-refractivity contribution in [2.45, 2.75) is 90.1 Å². The zero-order chi connectivity index (χ0) is 31.3. The van der Waals surface area contributed by atoms with Gasteiger partial charge >= 0.3 is 13.6 Å². The van der Waals surface area contributed by atoms with Gasteiger partial charge in [0.25, 0.3) is 0 Å². The maximum absolute atomic E-state index is 14.0. The molecule has 0 unspecified atom stereocenters. The van der Waals surface area contributed by atoms with Gasteiger partial charge in [-0.15, -0.1) is 0 Å². The number of carboxylic acids is 1. The molecular formula is C33H41FNO7P. The molecule has 10 heteroatoms. The fourth-order valence-corrected chi connectivity index (χ4v) is 7.23. The van der Waals surface area contributed by atoms with Crippen LogP contribution in [0.3, 0.4) is 0 Å². The molecule has 3 N–H and O–H groups in total. The first-order chi connectivity index (χ1) is 20.3. The van der Waals surface area contributed by atoms with Crippen molar-refractivity contribution in [2.24, 2.45) is 0 Å². The lowest BCUT2D eigenvalue weighted by Gasteiger charge is -2.23. The SMILES string of the molecule is CC(C)OP(=O)(CCc1ccc2nc(C3CC3)c(C=C[C@@H](O)C[C@@H](O)CC(=O)O)c(-c3ccc(F)cc3)c2c1)OC(C)C. The number of fused-ring (bicyclic) bond motifs is 1. The van der Waals surface area contributed by atoms with E-state index in [-0.39, 0.29) is 36.5 Å². The molecule has 3 aromatic rings. The normalized spacial score (nSPS) is 15.6. The molecule has 1 heterocycles. The average Bonchev–Trinajstić information content (AvgIpc) is 3.75. The number of aliphatic hydroxyl groups excluding tert-OH is 2. The number of aliphatic carboxylic acids is 1. The quantitative estimate of drug-likeness (QED) is 0.155. The molecule has 0 spiro atoms. The number of nitrogens with zero attached hydrogens (tertiary/aromatic N) is 1. The summed E-state index contributed by atoms with van der Waals surface area (Å²) in [6.07, 6.45) is 2.51. The van der Waals surface area contributed by atoms with Crippen molar-refractivity contribution in [1.29, 1.82) is 0 Å². The van der Waals surface area contributed by atoms with Gasteiger partial charge in [-0.05, 0) is 82.3 Å². The van der Waals surface area contributed by atoms with Gasteiger partial charge in [0.1, 0.15) is 5.82 Å². The number of aliphatic hydroxyl groups is 2. The predicted molar refractivity (Wildman–Crippen MR) is 166 cm³/mol. The Morgan fingerprint density at radius 3 is 2.30 bits per heavy atom. The molecule has 1 aliphatic carbocycles. The second kappa shape index (κ2) is 14.2. The van der Waals surface area contributed by atoms with Crippen molar-refractivity contribution in [3.05, 3.63) is 71.2 Å². The van der Waals surface area contributed by atoms with Gasteiger partial charge in [0.05, 0.1) is 48.2 Å². The molecule has 1 aliphatic rings. The Labute approximate surface area is 252 Å². The van der Waals surface area contributed by atoms with Crippen LogP contribution in [-0.2, 0) is 24.8 Å². The van der Waals surface area contributed by atoms with Crippen molar-refractivity contribution < 1.29 is 38.1 Å². The number of pyridine rings is 1. The Balaban J connectivity index is 1.78. The molecule has 0 saturated heterocycles. The average molecular weight is 614 g/mol. The molecule has 8 nitrogen and oxygen atoms in total. The van der Waals surface area contributed by atoms with Gasteiger partial charge in [-0.3, -0.25) is 14.3 Å². The van der Waals surface area contributed by atoms with Gasteiger partial charge in [-0.25, -0.2) is 4.39 Å². The minimum atomic E-state index is -3.35. The highest BCUT2D eigenvalue weighted by molar-refractivity contribution is 7.53. The molecule has 0 amide bonds. The van der Waals surface area contributed by atoms with E-state index in [0.29, 0.717) is 6.42 Å². The third kappa shape index (κ3) is 9.27. The van der Waals surface area contributed by atoms with E-state index in [9.17, 15) is 24.0 Å². The molecule has 2 atom stereocenters. The van der Waals surface area contributed by atoms with Crippen molar-refractivity contribution in [2.75, 3.05) is 6.16 Å². The standard InChI is InChI=1S/C33H41FNO7P/c1-20(2)41-43(40,42-21(3)4)16-15-22-5-14-30-29(17-22)32(23-8-10-25(34)11-9-23)28(33(35-30)24-6-7-24)13-12-26(36)18-27(37)19-31(38)39/h5,8-14,17,20-21,24,26-27,36-37H,6-7,15-16,18-19H2,1-4H3,(H,38,39)/t26-,27-/m1/s1. The van der Waals surface area contributed by atoms with E-state index < -0.39 is 32.2 Å². The lowest BCUT2D eigenvalue weighted by Crippen LogP contribution is -2.19. The summed E-state index contributed by atoms with van der Waals surface area (Å²) in [4.78, 5) is 16.0. The molecule has 0 aliphatic heterocycles. The fraction of sp³-hybridized carbons (Fsp3) is 0.455. The van der Waals surface area contributed by atoms with Crippen LogP contribution >= 0.6 is 7.60 Å². The van der Waals surface area contributed by atoms with Crippen LogP contribution in [0.5, 0.6) is 0 Å². The topological polar surface area (TPSA) is 126 Å². The number of benzene rings is 2. The smallest absolute Gasteiger partial charge is 0.331 e. The largest absolute Gasteiger partial charge is 0.481 e. The number of hydrogen-bond donors (Lipinski definition) is 3. The summed E-state index contributed by atoms with van der Waals surface area (Å²) in [5.41, 5.74) is 4.91. The summed E-state index contributed by atoms with van der Waals surface area (Å²) in [5, 5.41) is 30.4. The summed E-state index contributed by atoms with van der Waals surface area (Å²) in [7, 11) is -3.35. The van der Waals surface area contributed by atoms with Crippen LogP contribution in [0, 0.1) is 5.82 Å². The van der Waals surface area contributed by atoms with Crippen LogP contribution in [-0.4, -0.2) is 56.9 Å². The van der Waals surface area contributed by atoms with E-state index in [1.165, 1.54) is 12.1 Å². The van der Waals surface area contributed by atoms with E-state index in [2.05, 4.69) is 0 Å². The number of aryl methyl sites for hydroxylation is 1. The predicted octanol–water partition coefficient (Wildman–Crippen LogP) is 7.10. The molecule has 1 fully saturated rings. The monoisotopic (exact) mass is 613 g/mol. The van der Waals surface area contributed by atoms with E-state index in [4.69, 9.17) is 19.1 Å². The van der Waals surface area contributed by atoms with Crippen LogP contribution in [0.1, 0.15) is 76.1 Å². The van der Waals surface area contributed by atoms with Gasteiger partial charge in [0.2, 0.25) is 0 Å². The molecule has 1 saturated carbocycles. The van der Waals surface area contributed by atoms with E-state index >= 15 is 0 Å². The van der Waals surface area contributed by atoms with E-state index in [1.54, 1.807) is 24.3 Å². The molecule has 0 bridgehead atoms. The minimum Gasteiger partial charge on any atom is -0.481 e. The van der Waals surface area contributed by atoms with Crippen LogP contribution in [0.15, 0.2) is 48.5 Å². The molecule has 0 radical (unpaired) electrons. The second-order valence-corrected chi connectivity index (χ2v) is 13.8. The first-order valence-corrected chi connectivity index (χ1v) is 16.5. The minimum absolute atomic E-state index is 0.129. The summed E-state index contributed by atoms with van der Waals surface area (Å²) in [5.74, 6) is -1.27. The Morgan fingerprint density at radius 2 is 1.72 bits per heavy atom. The second-order valence-electron chi connectivity index (χ2n) is 11.7. The van der Waals surface area contributed by atoms with Gasteiger partial charge < -0.3 is 24.4 Å². The first-order valence-electron chi connectivity index (χ1n) is 14.8. The van der Waals surface area contributed by atoms with Crippen LogP contribution in [0.25, 0.3) is 28.1 Å². The zero-order valence-corrected chi connectivity index (χ0v) is 26.0. The Hall–Kier alpha value is -2.94. The molecular weight excluding hydrogens is 572 g/mol. The number of carbonyl (C=O) groups is 1. The molecule has 232 valence electrons. The van der Waals surface area contributed by atoms with Crippen LogP contribution < -0.4 is 0 Å². The van der Waals surface area contributed by atoms with Crippen molar-refractivity contribution in [3.63, 3.8) is 0 Å². The molecule has 2 aromatic carbocycles. The summed E-state index contributed by atoms with van der Waals surface area (Å²) < 4.78 is 38.9. The van der Waals surface area contributed by atoms with E-state index in [1.807, 2.05) is 45.9 Å². The maximum atomic E-state index is 14.0. The highest BCUT2D eigenvalue weighted by Crippen LogP contribution is 2.51. The maximum Gasteiger partial charge on any atom is 0.331 e. The van der Waals surface area contributed by atoms with Gasteiger partial charge in [0.15, 0.2) is 0 Å². The first kappa shape index (κ1) is 33.0. The van der Waals surface area contributed by atoms with Crippen molar-refractivity contribution in [3.8, 4) is 11.1 Å². The lowest BCUT2D eigenvalue weighted by molar-refractivity contribution is -0.139. The van der Waals surface area contributed by atoms with Gasteiger partial charge in [0, 0.05) is 28.9 Å². The Bertz CT molecular complexity index is 1490. The Kier molecular flexibility index (Phi) is 10.9. The molecule has 4 rings (SSSR count). The number of rotatable bonds is 15. The number of carboxylic acid groups (broad SMARTS) is 1.